The molecule has 0 radical (unpaired) electrons. The van der Waals surface area contributed by atoms with Crippen molar-refractivity contribution in [3.63, 3.8) is 0 Å². The number of nitrogens with zero attached hydrogens (tertiary/aromatic N) is 1. The van der Waals surface area contributed by atoms with Crippen LogP contribution in [0.15, 0.2) is 24.3 Å². The second-order valence-corrected chi connectivity index (χ2v) is 5.20. The Labute approximate surface area is 131 Å². The standard InChI is InChI=1S/C14H18ClNO.HI/c1-16-9-3-2-4-13(16)10-14(17)11-5-7-12(15)8-6-11;/h5-8,13H,2-4,9-10H2,1H3;1H. The summed E-state index contributed by atoms with van der Waals surface area (Å²) in [6.07, 6.45) is 4.25. The first-order valence-corrected chi connectivity index (χ1v) is 6.53. The van der Waals surface area contributed by atoms with E-state index in [0.717, 1.165) is 18.5 Å². The van der Waals surface area contributed by atoms with Crippen molar-refractivity contribution in [1.29, 1.82) is 0 Å². The molecule has 1 heterocycles. The monoisotopic (exact) mass is 379 g/mol. The molecule has 1 aromatic carbocycles. The molecule has 1 aliphatic heterocycles. The Balaban J connectivity index is 0.00000162. The van der Waals surface area contributed by atoms with Crippen molar-refractivity contribution in [1.82, 2.24) is 4.90 Å². The minimum atomic E-state index is 0. The van der Waals surface area contributed by atoms with Crippen LogP contribution < -0.4 is 0 Å². The van der Waals surface area contributed by atoms with Crippen molar-refractivity contribution in [2.24, 2.45) is 0 Å². The van der Waals surface area contributed by atoms with E-state index >= 15 is 0 Å². The lowest BCUT2D eigenvalue weighted by Crippen LogP contribution is -2.37. The number of carbonyl (C=O) groups is 1. The van der Waals surface area contributed by atoms with Gasteiger partial charge in [-0.1, -0.05) is 18.0 Å². The van der Waals surface area contributed by atoms with Crippen LogP contribution in [0.5, 0.6) is 0 Å². The maximum Gasteiger partial charge on any atom is 0.164 e. The fourth-order valence-electron chi connectivity index (χ4n) is 2.37. The van der Waals surface area contributed by atoms with Crippen LogP contribution in [0, 0.1) is 0 Å². The topological polar surface area (TPSA) is 20.3 Å². The Kier molecular flexibility index (Phi) is 6.60. The zero-order valence-electron chi connectivity index (χ0n) is 10.6. The Bertz CT molecular complexity index is 393. The molecule has 1 atom stereocenters. The zero-order valence-corrected chi connectivity index (χ0v) is 13.7. The predicted octanol–water partition coefficient (Wildman–Crippen LogP) is 4.02. The van der Waals surface area contributed by atoms with E-state index in [-0.39, 0.29) is 29.8 Å². The maximum absolute atomic E-state index is 12.1. The van der Waals surface area contributed by atoms with Crippen LogP contribution >= 0.6 is 35.6 Å². The largest absolute Gasteiger partial charge is 0.303 e. The van der Waals surface area contributed by atoms with Gasteiger partial charge < -0.3 is 4.90 Å². The van der Waals surface area contributed by atoms with Crippen molar-refractivity contribution >= 4 is 41.4 Å². The molecule has 1 aromatic rings. The number of likely N-dealkylation sites (tertiary alicyclic amines) is 1. The third kappa shape index (κ3) is 4.21. The average molecular weight is 380 g/mol. The summed E-state index contributed by atoms with van der Waals surface area (Å²) in [5.41, 5.74) is 0.772. The zero-order chi connectivity index (χ0) is 12.3. The van der Waals surface area contributed by atoms with E-state index in [0.29, 0.717) is 17.5 Å². The number of hydrogen-bond donors (Lipinski definition) is 0. The third-order valence-corrected chi connectivity index (χ3v) is 3.76. The highest BCUT2D eigenvalue weighted by molar-refractivity contribution is 14.0. The first kappa shape index (κ1) is 15.9. The summed E-state index contributed by atoms with van der Waals surface area (Å²) in [6, 6.07) is 7.59. The van der Waals surface area contributed by atoms with E-state index < -0.39 is 0 Å². The average Bonchev–Trinajstić information content (AvgIpc) is 2.33. The van der Waals surface area contributed by atoms with Crippen molar-refractivity contribution in [2.75, 3.05) is 13.6 Å². The third-order valence-electron chi connectivity index (χ3n) is 3.51. The fraction of sp³-hybridized carbons (Fsp3) is 0.500. The molecule has 2 rings (SSSR count). The summed E-state index contributed by atoms with van der Waals surface area (Å²) < 4.78 is 0. The number of carbonyl (C=O) groups excluding carboxylic acids is 1. The second kappa shape index (κ2) is 7.46. The lowest BCUT2D eigenvalue weighted by molar-refractivity contribution is 0.0906. The number of rotatable bonds is 3. The Morgan fingerprint density at radius 1 is 1.33 bits per heavy atom. The number of ketones is 1. The summed E-state index contributed by atoms with van der Waals surface area (Å²) in [7, 11) is 2.11. The SMILES string of the molecule is CN1CCCCC1CC(=O)c1ccc(Cl)cc1.I. The van der Waals surface area contributed by atoms with Gasteiger partial charge in [-0.15, -0.1) is 24.0 Å². The van der Waals surface area contributed by atoms with Crippen LogP contribution in [-0.2, 0) is 0 Å². The molecule has 1 saturated heterocycles. The molecule has 0 aromatic heterocycles. The number of Topliss-reactive ketones (excluding diaryl/α,β-unsaturated/α-hetero) is 1. The molecule has 2 nitrogen and oxygen atoms in total. The van der Waals surface area contributed by atoms with Crippen molar-refractivity contribution in [3.05, 3.63) is 34.9 Å². The summed E-state index contributed by atoms with van der Waals surface area (Å²) in [4.78, 5) is 14.4. The van der Waals surface area contributed by atoms with Gasteiger partial charge in [0.1, 0.15) is 0 Å². The lowest BCUT2D eigenvalue weighted by atomic mass is 9.95. The van der Waals surface area contributed by atoms with Crippen LogP contribution in [0.3, 0.4) is 0 Å². The van der Waals surface area contributed by atoms with Gasteiger partial charge in [-0.05, 0) is 50.7 Å². The first-order chi connectivity index (χ1) is 8.16. The van der Waals surface area contributed by atoms with Crippen LogP contribution in [-0.4, -0.2) is 30.3 Å². The predicted molar refractivity (Wildman–Crippen MR) is 86.1 cm³/mol. The molecular weight excluding hydrogens is 361 g/mol. The summed E-state index contributed by atoms with van der Waals surface area (Å²) in [5, 5.41) is 0.677. The number of hydrogen-bond acceptors (Lipinski definition) is 2. The summed E-state index contributed by atoms with van der Waals surface area (Å²) in [5.74, 6) is 0.223. The van der Waals surface area contributed by atoms with E-state index in [9.17, 15) is 4.79 Å². The van der Waals surface area contributed by atoms with E-state index in [4.69, 9.17) is 11.6 Å². The number of benzene rings is 1. The van der Waals surface area contributed by atoms with Crippen LogP contribution in [0.1, 0.15) is 36.0 Å². The molecule has 0 amide bonds. The molecule has 100 valence electrons. The van der Waals surface area contributed by atoms with Crippen LogP contribution in [0.4, 0.5) is 0 Å². The van der Waals surface area contributed by atoms with Crippen molar-refractivity contribution in [3.8, 4) is 0 Å². The molecule has 0 N–H and O–H groups in total. The minimum Gasteiger partial charge on any atom is -0.303 e. The van der Waals surface area contributed by atoms with Crippen LogP contribution in [0.2, 0.25) is 5.02 Å². The Morgan fingerprint density at radius 3 is 2.61 bits per heavy atom. The second-order valence-electron chi connectivity index (χ2n) is 4.76. The lowest BCUT2D eigenvalue weighted by Gasteiger charge is -2.31. The molecule has 18 heavy (non-hydrogen) atoms. The number of piperidine rings is 1. The Hall–Kier alpha value is -0.130. The molecule has 0 aliphatic carbocycles. The van der Waals surface area contributed by atoms with Gasteiger partial charge >= 0.3 is 0 Å². The van der Waals surface area contributed by atoms with Gasteiger partial charge in [0.05, 0.1) is 0 Å². The highest BCUT2D eigenvalue weighted by Gasteiger charge is 2.22. The van der Waals surface area contributed by atoms with E-state index in [2.05, 4.69) is 11.9 Å². The molecule has 1 unspecified atom stereocenters. The van der Waals surface area contributed by atoms with Crippen LogP contribution in [0.25, 0.3) is 0 Å². The highest BCUT2D eigenvalue weighted by atomic mass is 127. The molecular formula is C14H19ClINO. The number of halogens is 2. The first-order valence-electron chi connectivity index (χ1n) is 6.16. The smallest absolute Gasteiger partial charge is 0.164 e. The van der Waals surface area contributed by atoms with Crippen molar-refractivity contribution in [2.45, 2.75) is 31.7 Å². The molecule has 1 aliphatic rings. The van der Waals surface area contributed by atoms with Gasteiger partial charge in [-0.25, -0.2) is 0 Å². The molecule has 0 saturated carbocycles. The van der Waals surface area contributed by atoms with Gasteiger partial charge in [0.25, 0.3) is 0 Å². The van der Waals surface area contributed by atoms with Gasteiger partial charge in [-0.3, -0.25) is 4.79 Å². The molecule has 1 fully saturated rings. The minimum absolute atomic E-state index is 0. The fourth-order valence-corrected chi connectivity index (χ4v) is 2.50. The van der Waals surface area contributed by atoms with Gasteiger partial charge in [0.2, 0.25) is 0 Å². The molecule has 0 bridgehead atoms. The van der Waals surface area contributed by atoms with E-state index in [1.807, 2.05) is 12.1 Å². The van der Waals surface area contributed by atoms with Gasteiger partial charge in [0.15, 0.2) is 5.78 Å². The van der Waals surface area contributed by atoms with Crippen molar-refractivity contribution < 1.29 is 4.79 Å². The maximum atomic E-state index is 12.1. The summed E-state index contributed by atoms with van der Waals surface area (Å²) in [6.45, 7) is 1.11. The van der Waals surface area contributed by atoms with E-state index in [1.165, 1.54) is 12.8 Å². The normalized spacial score (nSPS) is 20.2. The summed E-state index contributed by atoms with van der Waals surface area (Å²) >= 11 is 5.81. The van der Waals surface area contributed by atoms with Gasteiger partial charge in [0, 0.05) is 23.0 Å². The van der Waals surface area contributed by atoms with E-state index in [1.54, 1.807) is 12.1 Å². The Morgan fingerprint density at radius 2 is 2.00 bits per heavy atom. The quantitative estimate of drug-likeness (QED) is 0.584. The van der Waals surface area contributed by atoms with Gasteiger partial charge in [-0.2, -0.15) is 0 Å². The molecule has 4 heteroatoms. The highest BCUT2D eigenvalue weighted by Crippen LogP contribution is 2.20. The molecule has 0 spiro atoms.